The lowest BCUT2D eigenvalue weighted by Gasteiger charge is -2.24. The van der Waals surface area contributed by atoms with E-state index in [0.29, 0.717) is 86.4 Å². The number of nitrogens with one attached hydrogen (secondary N) is 2. The van der Waals surface area contributed by atoms with Crippen LogP contribution in [0.5, 0.6) is 0 Å². The predicted molar refractivity (Wildman–Crippen MR) is 134 cm³/mol. The Labute approximate surface area is 210 Å². The number of ketones is 2. The summed E-state index contributed by atoms with van der Waals surface area (Å²) in [6, 6.07) is 10.4. The molecule has 0 bridgehead atoms. The Morgan fingerprint density at radius 3 is 1.33 bits per heavy atom. The number of anilines is 2. The lowest BCUT2D eigenvalue weighted by Crippen LogP contribution is -2.25. The highest BCUT2D eigenvalue weighted by Gasteiger charge is 2.33. The van der Waals surface area contributed by atoms with Crippen LogP contribution in [0.4, 0.5) is 11.4 Å². The van der Waals surface area contributed by atoms with Crippen LogP contribution in [0.15, 0.2) is 36.4 Å². The molecule has 3 rings (SSSR count). The normalized spacial score (nSPS) is 12.4. The number of aliphatic hydroxyl groups excluding tert-OH is 2. The Balaban J connectivity index is 1.65. The summed E-state index contributed by atoms with van der Waals surface area (Å²) in [5.74, 6) is -0.413. The molecule has 36 heavy (non-hydrogen) atoms. The number of ether oxygens (including phenoxy) is 4. The Hall–Kier alpha value is -2.86. The Bertz CT molecular complexity index is 920. The number of benzene rings is 2. The molecule has 0 atom stereocenters. The van der Waals surface area contributed by atoms with E-state index < -0.39 is 0 Å². The van der Waals surface area contributed by atoms with Crippen LogP contribution in [0.1, 0.15) is 31.8 Å². The number of rotatable bonds is 18. The molecular formula is C26H34N2O8. The average Bonchev–Trinajstić information content (AvgIpc) is 2.90. The van der Waals surface area contributed by atoms with Crippen LogP contribution in [0, 0.1) is 0 Å². The van der Waals surface area contributed by atoms with Crippen LogP contribution >= 0.6 is 0 Å². The van der Waals surface area contributed by atoms with Crippen molar-refractivity contribution in [2.45, 2.75) is 0 Å². The van der Waals surface area contributed by atoms with Gasteiger partial charge in [-0.05, 0) is 12.1 Å². The van der Waals surface area contributed by atoms with Crippen LogP contribution in [0.3, 0.4) is 0 Å². The molecule has 10 nitrogen and oxygen atoms in total. The van der Waals surface area contributed by atoms with E-state index in [1.165, 1.54) is 0 Å². The van der Waals surface area contributed by atoms with Gasteiger partial charge in [-0.3, -0.25) is 9.59 Å². The minimum atomic E-state index is -0.207. The quantitative estimate of drug-likeness (QED) is 0.189. The van der Waals surface area contributed by atoms with Gasteiger partial charge in [-0.1, -0.05) is 24.3 Å². The van der Waals surface area contributed by atoms with Crippen molar-refractivity contribution < 1.29 is 38.7 Å². The topological polar surface area (TPSA) is 136 Å². The van der Waals surface area contributed by atoms with Gasteiger partial charge in [0.05, 0.1) is 77.2 Å². The van der Waals surface area contributed by atoms with E-state index in [0.717, 1.165) is 0 Å². The monoisotopic (exact) mass is 502 g/mol. The van der Waals surface area contributed by atoms with E-state index in [9.17, 15) is 9.59 Å². The van der Waals surface area contributed by atoms with E-state index in [2.05, 4.69) is 10.6 Å². The first-order valence-corrected chi connectivity index (χ1v) is 12.0. The first kappa shape index (κ1) is 27.7. The summed E-state index contributed by atoms with van der Waals surface area (Å²) in [4.78, 5) is 26.8. The van der Waals surface area contributed by atoms with Gasteiger partial charge in [0.15, 0.2) is 11.6 Å². The first-order valence-electron chi connectivity index (χ1n) is 12.0. The molecule has 2 aromatic carbocycles. The van der Waals surface area contributed by atoms with Crippen molar-refractivity contribution in [1.29, 1.82) is 0 Å². The van der Waals surface area contributed by atoms with Gasteiger partial charge < -0.3 is 39.8 Å². The van der Waals surface area contributed by atoms with Gasteiger partial charge in [-0.2, -0.15) is 0 Å². The number of hydrogen-bond donors (Lipinski definition) is 4. The summed E-state index contributed by atoms with van der Waals surface area (Å²) in [5, 5.41) is 23.9. The zero-order chi connectivity index (χ0) is 25.6. The molecule has 1 aliphatic carbocycles. The third-order valence-electron chi connectivity index (χ3n) is 5.41. The lowest BCUT2D eigenvalue weighted by atomic mass is 9.82. The maximum absolute atomic E-state index is 13.4. The van der Waals surface area contributed by atoms with Crippen LogP contribution < -0.4 is 10.6 Å². The Morgan fingerprint density at radius 1 is 0.556 bits per heavy atom. The zero-order valence-electron chi connectivity index (χ0n) is 20.3. The fourth-order valence-corrected chi connectivity index (χ4v) is 3.81. The van der Waals surface area contributed by atoms with Crippen molar-refractivity contribution in [3.05, 3.63) is 58.7 Å². The highest BCUT2D eigenvalue weighted by Crippen LogP contribution is 2.36. The van der Waals surface area contributed by atoms with Gasteiger partial charge >= 0.3 is 0 Å². The van der Waals surface area contributed by atoms with E-state index >= 15 is 0 Å². The smallest absolute Gasteiger partial charge is 0.196 e. The number of carbonyl (C=O) groups excluding carboxylic acids is 2. The fourth-order valence-electron chi connectivity index (χ4n) is 3.81. The number of aliphatic hydroxyl groups is 2. The SMILES string of the molecule is O=C1c2ccccc2C(=O)c2c(NCCOCCOCCO)ccc(NCCOCCOCCO)c21. The van der Waals surface area contributed by atoms with E-state index in [-0.39, 0.29) is 38.0 Å². The third-order valence-corrected chi connectivity index (χ3v) is 5.41. The molecule has 10 heteroatoms. The zero-order valence-corrected chi connectivity index (χ0v) is 20.3. The summed E-state index contributed by atoms with van der Waals surface area (Å²) >= 11 is 0. The molecule has 196 valence electrons. The Kier molecular flexibility index (Phi) is 11.8. The molecule has 0 aromatic heterocycles. The van der Waals surface area contributed by atoms with Gasteiger partial charge in [-0.15, -0.1) is 0 Å². The maximum Gasteiger partial charge on any atom is 0.196 e. The molecule has 0 heterocycles. The summed E-state index contributed by atoms with van der Waals surface area (Å²) in [6.45, 7) is 3.70. The second-order valence-corrected chi connectivity index (χ2v) is 7.86. The van der Waals surface area contributed by atoms with Crippen molar-refractivity contribution in [2.24, 2.45) is 0 Å². The minimum Gasteiger partial charge on any atom is -0.394 e. The van der Waals surface area contributed by atoms with Gasteiger partial charge in [0.2, 0.25) is 0 Å². The second kappa shape index (κ2) is 15.3. The Morgan fingerprint density at radius 2 is 0.944 bits per heavy atom. The fraction of sp³-hybridized carbons (Fsp3) is 0.462. The van der Waals surface area contributed by atoms with Crippen LogP contribution in [-0.4, -0.2) is 101 Å². The van der Waals surface area contributed by atoms with Crippen molar-refractivity contribution >= 4 is 22.9 Å². The van der Waals surface area contributed by atoms with Crippen molar-refractivity contribution in [3.63, 3.8) is 0 Å². The summed E-state index contributed by atoms with van der Waals surface area (Å²) in [7, 11) is 0. The molecule has 2 aromatic rings. The highest BCUT2D eigenvalue weighted by molar-refractivity contribution is 6.31. The van der Waals surface area contributed by atoms with Crippen molar-refractivity contribution in [3.8, 4) is 0 Å². The molecule has 0 aliphatic heterocycles. The average molecular weight is 503 g/mol. The number of hydrogen-bond acceptors (Lipinski definition) is 10. The molecule has 0 fully saturated rings. The third kappa shape index (κ3) is 7.57. The second-order valence-electron chi connectivity index (χ2n) is 7.86. The molecular weight excluding hydrogens is 468 g/mol. The van der Waals surface area contributed by atoms with Crippen LogP contribution in [-0.2, 0) is 18.9 Å². The summed E-state index contributed by atoms with van der Waals surface area (Å²) in [6.07, 6.45) is 0. The van der Waals surface area contributed by atoms with Gasteiger partial charge in [0.25, 0.3) is 0 Å². The van der Waals surface area contributed by atoms with Gasteiger partial charge in [0, 0.05) is 35.6 Å². The molecule has 0 saturated heterocycles. The largest absolute Gasteiger partial charge is 0.394 e. The summed E-state index contributed by atoms with van der Waals surface area (Å²) < 4.78 is 21.3. The van der Waals surface area contributed by atoms with E-state index in [4.69, 9.17) is 29.2 Å². The highest BCUT2D eigenvalue weighted by atomic mass is 16.5. The summed E-state index contributed by atoms with van der Waals surface area (Å²) in [5.41, 5.74) is 2.60. The number of carbonyl (C=O) groups is 2. The molecule has 0 unspecified atom stereocenters. The van der Waals surface area contributed by atoms with Crippen molar-refractivity contribution in [1.82, 2.24) is 0 Å². The minimum absolute atomic E-state index is 0.0270. The van der Waals surface area contributed by atoms with E-state index in [1.807, 2.05) is 0 Å². The van der Waals surface area contributed by atoms with Crippen molar-refractivity contribution in [2.75, 3.05) is 89.8 Å². The van der Waals surface area contributed by atoms with Crippen LogP contribution in [0.2, 0.25) is 0 Å². The van der Waals surface area contributed by atoms with E-state index in [1.54, 1.807) is 36.4 Å². The molecule has 0 saturated carbocycles. The number of fused-ring (bicyclic) bond motifs is 2. The molecule has 0 radical (unpaired) electrons. The molecule has 0 spiro atoms. The maximum atomic E-state index is 13.4. The molecule has 0 amide bonds. The first-order chi connectivity index (χ1) is 17.7. The molecule has 1 aliphatic rings. The molecule has 4 N–H and O–H groups in total. The predicted octanol–water partition coefficient (Wildman–Crippen LogP) is 1.34. The van der Waals surface area contributed by atoms with Gasteiger partial charge in [-0.25, -0.2) is 0 Å². The standard InChI is InChI=1S/C26H34N2O8/c29-9-13-35-17-15-33-11-7-27-21-5-6-22(28-8-12-34-16-18-36-14-10-30)24-23(21)25(31)19-3-1-2-4-20(19)26(24)32/h1-6,27-30H,7-18H2. The lowest BCUT2D eigenvalue weighted by molar-refractivity contribution is 0.0360. The van der Waals surface area contributed by atoms with Crippen LogP contribution in [0.25, 0.3) is 0 Å². The van der Waals surface area contributed by atoms with Gasteiger partial charge in [0.1, 0.15) is 0 Å².